The monoisotopic (exact) mass is 319 g/mol. The van der Waals surface area contributed by atoms with Crippen LogP contribution in [0.4, 0.5) is 0 Å². The zero-order valence-electron chi connectivity index (χ0n) is 13.1. The molecule has 5 nitrogen and oxygen atoms in total. The Hall–Kier alpha value is -2.95. The van der Waals surface area contributed by atoms with Crippen LogP contribution in [0.3, 0.4) is 0 Å². The van der Waals surface area contributed by atoms with Crippen molar-refractivity contribution in [2.45, 2.75) is 18.9 Å². The Kier molecular flexibility index (Phi) is 3.61. The van der Waals surface area contributed by atoms with Crippen molar-refractivity contribution >= 4 is 16.8 Å². The van der Waals surface area contributed by atoms with Crippen LogP contribution in [0.1, 0.15) is 34.9 Å². The molecule has 1 N–H and O–H groups in total. The number of fused-ring (bicyclic) bond motifs is 1. The molecule has 1 fully saturated rings. The maximum Gasteiger partial charge on any atom is 0.255 e. The van der Waals surface area contributed by atoms with Crippen molar-refractivity contribution in [2.75, 3.05) is 6.54 Å². The minimum Gasteiger partial charge on any atom is -0.330 e. The molecule has 0 aliphatic carbocycles. The summed E-state index contributed by atoms with van der Waals surface area (Å²) in [5.41, 5.74) is 1.78. The summed E-state index contributed by atoms with van der Waals surface area (Å²) in [5, 5.41) is 0.772. The molecule has 0 saturated carbocycles. The van der Waals surface area contributed by atoms with E-state index in [4.69, 9.17) is 0 Å². The van der Waals surface area contributed by atoms with Crippen molar-refractivity contribution in [3.05, 3.63) is 76.3 Å². The molecule has 120 valence electrons. The molecule has 3 heterocycles. The number of aromatic amines is 1. The number of amides is 1. The third-order valence-electron chi connectivity index (χ3n) is 4.52. The summed E-state index contributed by atoms with van der Waals surface area (Å²) in [4.78, 5) is 34.1. The highest BCUT2D eigenvalue weighted by Gasteiger charge is 2.32. The van der Waals surface area contributed by atoms with E-state index in [0.717, 1.165) is 23.9 Å². The predicted octanol–water partition coefficient (Wildman–Crippen LogP) is 2.90. The minimum atomic E-state index is -0.259. The first kappa shape index (κ1) is 14.6. The van der Waals surface area contributed by atoms with Crippen molar-refractivity contribution in [1.29, 1.82) is 0 Å². The van der Waals surface area contributed by atoms with Crippen LogP contribution in [-0.4, -0.2) is 27.3 Å². The van der Waals surface area contributed by atoms with Gasteiger partial charge in [-0.3, -0.25) is 14.6 Å². The zero-order chi connectivity index (χ0) is 16.5. The topological polar surface area (TPSA) is 66.1 Å². The van der Waals surface area contributed by atoms with Gasteiger partial charge in [-0.25, -0.2) is 0 Å². The number of rotatable bonds is 2. The molecule has 5 heteroatoms. The lowest BCUT2D eigenvalue weighted by molar-refractivity contribution is 0.0734. The molecule has 2 aromatic heterocycles. The average Bonchev–Trinajstić information content (AvgIpc) is 3.11. The molecule has 0 bridgehead atoms. The Bertz CT molecular complexity index is 949. The molecule has 0 unspecified atom stereocenters. The standard InChI is InChI=1S/C19H17N3O2/c23-18-12-14(13-6-1-2-7-15(13)21-18)19(24)22-11-5-9-17(22)16-8-3-4-10-20-16/h1-4,6-8,10,12,17H,5,9,11H2,(H,21,23)/t17-/m1/s1. The summed E-state index contributed by atoms with van der Waals surface area (Å²) in [5.74, 6) is -0.106. The summed E-state index contributed by atoms with van der Waals surface area (Å²) in [6.45, 7) is 0.682. The average molecular weight is 319 g/mol. The van der Waals surface area contributed by atoms with E-state index in [9.17, 15) is 9.59 Å². The smallest absolute Gasteiger partial charge is 0.255 e. The third kappa shape index (κ3) is 2.48. The number of benzene rings is 1. The van der Waals surface area contributed by atoms with Crippen molar-refractivity contribution in [2.24, 2.45) is 0 Å². The quantitative estimate of drug-likeness (QED) is 0.790. The summed E-state index contributed by atoms with van der Waals surface area (Å²) in [6, 6.07) is 14.5. The Balaban J connectivity index is 1.77. The lowest BCUT2D eigenvalue weighted by Crippen LogP contribution is -2.32. The summed E-state index contributed by atoms with van der Waals surface area (Å²) < 4.78 is 0. The van der Waals surface area contributed by atoms with Gasteiger partial charge in [-0.15, -0.1) is 0 Å². The van der Waals surface area contributed by atoms with E-state index in [1.54, 1.807) is 6.20 Å². The third-order valence-corrected chi connectivity index (χ3v) is 4.52. The number of nitrogens with one attached hydrogen (secondary N) is 1. The number of para-hydroxylation sites is 1. The first-order valence-corrected chi connectivity index (χ1v) is 8.08. The van der Waals surface area contributed by atoms with Gasteiger partial charge in [0.2, 0.25) is 5.56 Å². The minimum absolute atomic E-state index is 0.0308. The highest BCUT2D eigenvalue weighted by Crippen LogP contribution is 2.32. The molecule has 1 atom stereocenters. The van der Waals surface area contributed by atoms with Crippen molar-refractivity contribution < 1.29 is 4.79 Å². The van der Waals surface area contributed by atoms with Crippen LogP contribution >= 0.6 is 0 Å². The molecule has 0 radical (unpaired) electrons. The molecule has 1 aliphatic rings. The second-order valence-corrected chi connectivity index (χ2v) is 6.00. The Morgan fingerprint density at radius 2 is 2.00 bits per heavy atom. The number of pyridine rings is 2. The first-order chi connectivity index (χ1) is 11.7. The summed E-state index contributed by atoms with van der Waals surface area (Å²) in [6.07, 6.45) is 3.58. The number of aromatic nitrogens is 2. The van der Waals surface area contributed by atoms with Crippen LogP contribution in [0.25, 0.3) is 10.9 Å². The van der Waals surface area contributed by atoms with Gasteiger partial charge in [0.15, 0.2) is 0 Å². The maximum absolute atomic E-state index is 13.1. The van der Waals surface area contributed by atoms with Crippen molar-refractivity contribution in [3.8, 4) is 0 Å². The van der Waals surface area contributed by atoms with E-state index in [1.165, 1.54) is 6.07 Å². The number of carbonyl (C=O) groups excluding carboxylic acids is 1. The van der Waals surface area contributed by atoms with E-state index in [1.807, 2.05) is 47.4 Å². The van der Waals surface area contributed by atoms with Gasteiger partial charge in [0.1, 0.15) is 0 Å². The second kappa shape index (κ2) is 5.92. The maximum atomic E-state index is 13.1. The second-order valence-electron chi connectivity index (χ2n) is 6.00. The molecule has 24 heavy (non-hydrogen) atoms. The zero-order valence-corrected chi connectivity index (χ0v) is 13.1. The molecular formula is C19H17N3O2. The Labute approximate surface area is 139 Å². The molecular weight excluding hydrogens is 302 g/mol. The highest BCUT2D eigenvalue weighted by molar-refractivity contribution is 6.06. The lowest BCUT2D eigenvalue weighted by Gasteiger charge is -2.24. The fourth-order valence-corrected chi connectivity index (χ4v) is 3.43. The SMILES string of the molecule is O=C(c1cc(=O)[nH]c2ccccc12)N1CCC[C@@H]1c1ccccn1. The Morgan fingerprint density at radius 1 is 1.17 bits per heavy atom. The van der Waals surface area contributed by atoms with Crippen molar-refractivity contribution in [1.82, 2.24) is 14.9 Å². The summed E-state index contributed by atoms with van der Waals surface area (Å²) in [7, 11) is 0. The molecule has 1 aromatic carbocycles. The van der Waals surface area contributed by atoms with Gasteiger partial charge in [0.05, 0.1) is 17.3 Å². The first-order valence-electron chi connectivity index (χ1n) is 8.08. The van der Waals surface area contributed by atoms with E-state index >= 15 is 0 Å². The van der Waals surface area contributed by atoms with Gasteiger partial charge < -0.3 is 9.88 Å². The number of hydrogen-bond donors (Lipinski definition) is 1. The lowest BCUT2D eigenvalue weighted by atomic mass is 10.1. The van der Waals surface area contributed by atoms with Crippen LogP contribution in [0, 0.1) is 0 Å². The van der Waals surface area contributed by atoms with Crippen LogP contribution in [0.2, 0.25) is 0 Å². The number of likely N-dealkylation sites (tertiary alicyclic amines) is 1. The van der Waals surface area contributed by atoms with E-state index in [0.29, 0.717) is 17.6 Å². The highest BCUT2D eigenvalue weighted by atomic mass is 16.2. The predicted molar refractivity (Wildman–Crippen MR) is 91.8 cm³/mol. The molecule has 1 saturated heterocycles. The normalized spacial score (nSPS) is 17.3. The number of carbonyl (C=O) groups is 1. The molecule has 4 rings (SSSR count). The van der Waals surface area contributed by atoms with E-state index < -0.39 is 0 Å². The van der Waals surface area contributed by atoms with Gasteiger partial charge in [-0.1, -0.05) is 24.3 Å². The molecule has 1 aliphatic heterocycles. The van der Waals surface area contributed by atoms with E-state index in [-0.39, 0.29) is 17.5 Å². The molecule has 0 spiro atoms. The van der Waals surface area contributed by atoms with Crippen LogP contribution in [0.15, 0.2) is 59.5 Å². The summed E-state index contributed by atoms with van der Waals surface area (Å²) >= 11 is 0. The van der Waals surface area contributed by atoms with Gasteiger partial charge >= 0.3 is 0 Å². The largest absolute Gasteiger partial charge is 0.330 e. The fraction of sp³-hybridized carbons (Fsp3) is 0.211. The van der Waals surface area contributed by atoms with Gasteiger partial charge in [-0.05, 0) is 31.0 Å². The number of hydrogen-bond acceptors (Lipinski definition) is 3. The fourth-order valence-electron chi connectivity index (χ4n) is 3.43. The van der Waals surface area contributed by atoms with Gasteiger partial charge in [-0.2, -0.15) is 0 Å². The number of H-pyrrole nitrogens is 1. The van der Waals surface area contributed by atoms with Crippen LogP contribution < -0.4 is 5.56 Å². The van der Waals surface area contributed by atoms with Crippen LogP contribution in [-0.2, 0) is 0 Å². The van der Waals surface area contributed by atoms with Crippen LogP contribution in [0.5, 0.6) is 0 Å². The van der Waals surface area contributed by atoms with Crippen molar-refractivity contribution in [3.63, 3.8) is 0 Å². The van der Waals surface area contributed by atoms with E-state index in [2.05, 4.69) is 9.97 Å². The van der Waals surface area contributed by atoms with Gasteiger partial charge in [0, 0.05) is 29.7 Å². The molecule has 3 aromatic rings. The molecule has 1 amide bonds. The number of nitrogens with zero attached hydrogens (tertiary/aromatic N) is 2. The van der Waals surface area contributed by atoms with Gasteiger partial charge in [0.25, 0.3) is 5.91 Å². The Morgan fingerprint density at radius 3 is 2.83 bits per heavy atom.